The van der Waals surface area contributed by atoms with E-state index in [0.717, 1.165) is 50.7 Å². The van der Waals surface area contributed by atoms with Crippen LogP contribution in [0.25, 0.3) is 0 Å². The number of hydrogen-bond acceptors (Lipinski definition) is 6. The third-order valence-electron chi connectivity index (χ3n) is 6.71. The lowest BCUT2D eigenvalue weighted by Crippen LogP contribution is -2.52. The molecular weight excluding hydrogens is 466 g/mol. The van der Waals surface area contributed by atoms with E-state index in [2.05, 4.69) is 31.0 Å². The Kier molecular flexibility index (Phi) is 8.33. The van der Waals surface area contributed by atoms with E-state index >= 15 is 0 Å². The van der Waals surface area contributed by atoms with Crippen LogP contribution in [0.5, 0.6) is 0 Å². The van der Waals surface area contributed by atoms with Crippen LogP contribution in [0.15, 0.2) is 53.4 Å². The van der Waals surface area contributed by atoms with Gasteiger partial charge in [0.1, 0.15) is 0 Å². The zero-order chi connectivity index (χ0) is 25.8. The summed E-state index contributed by atoms with van der Waals surface area (Å²) in [7, 11) is -3.31. The Morgan fingerprint density at radius 1 is 1.09 bits per heavy atom. The number of nitrogens with one attached hydrogen (secondary N) is 1. The van der Waals surface area contributed by atoms with Crippen molar-refractivity contribution in [2.45, 2.75) is 51.0 Å². The van der Waals surface area contributed by atoms with Gasteiger partial charge in [-0.25, -0.2) is 8.42 Å². The van der Waals surface area contributed by atoms with Crippen molar-refractivity contribution in [2.24, 2.45) is 11.3 Å². The van der Waals surface area contributed by atoms with Gasteiger partial charge in [0, 0.05) is 36.5 Å². The van der Waals surface area contributed by atoms with Gasteiger partial charge in [-0.15, -0.1) is 0 Å². The molecule has 1 heterocycles. The Morgan fingerprint density at radius 3 is 2.14 bits per heavy atom. The maximum absolute atomic E-state index is 12.9. The summed E-state index contributed by atoms with van der Waals surface area (Å²) >= 11 is 0. The van der Waals surface area contributed by atoms with Crippen LogP contribution in [0, 0.1) is 21.4 Å². The lowest BCUT2D eigenvalue weighted by Gasteiger charge is -2.39. The van der Waals surface area contributed by atoms with Crippen LogP contribution in [0.4, 0.5) is 5.69 Å². The number of nitrogens with zero attached hydrogens (tertiary/aromatic N) is 2. The number of sulfone groups is 1. The van der Waals surface area contributed by atoms with Gasteiger partial charge in [0.15, 0.2) is 9.84 Å². The summed E-state index contributed by atoms with van der Waals surface area (Å²) < 4.78 is 23.4. The number of carbonyl (C=O) groups excluding carboxylic acids is 1. The highest BCUT2D eigenvalue weighted by molar-refractivity contribution is 7.90. The highest BCUT2D eigenvalue weighted by Crippen LogP contribution is 2.26. The molecule has 35 heavy (non-hydrogen) atoms. The molecule has 2 aromatic carbocycles. The van der Waals surface area contributed by atoms with Gasteiger partial charge in [-0.1, -0.05) is 32.9 Å². The van der Waals surface area contributed by atoms with Gasteiger partial charge in [-0.3, -0.25) is 14.9 Å². The molecule has 8 nitrogen and oxygen atoms in total. The summed E-state index contributed by atoms with van der Waals surface area (Å²) in [4.78, 5) is 25.9. The summed E-state index contributed by atoms with van der Waals surface area (Å²) in [6, 6.07) is 12.8. The molecule has 0 bridgehead atoms. The predicted octanol–water partition coefficient (Wildman–Crippen LogP) is 4.10. The fourth-order valence-electron chi connectivity index (χ4n) is 4.35. The van der Waals surface area contributed by atoms with Gasteiger partial charge >= 0.3 is 0 Å². The number of nitro benzene ring substituents is 1. The van der Waals surface area contributed by atoms with E-state index in [1.807, 2.05) is 12.1 Å². The van der Waals surface area contributed by atoms with E-state index in [1.54, 1.807) is 24.3 Å². The molecule has 1 N–H and O–H groups in total. The molecule has 0 aromatic heterocycles. The summed E-state index contributed by atoms with van der Waals surface area (Å²) in [5, 5.41) is 14.0. The number of nitro groups is 1. The van der Waals surface area contributed by atoms with Crippen molar-refractivity contribution < 1.29 is 18.1 Å². The van der Waals surface area contributed by atoms with Gasteiger partial charge in [0.25, 0.3) is 11.6 Å². The molecule has 2 aromatic rings. The molecule has 1 fully saturated rings. The van der Waals surface area contributed by atoms with Crippen LogP contribution < -0.4 is 5.32 Å². The van der Waals surface area contributed by atoms with Crippen LogP contribution in [0.1, 0.15) is 49.5 Å². The lowest BCUT2D eigenvalue weighted by atomic mass is 9.85. The second-order valence-corrected chi connectivity index (χ2v) is 12.6. The standard InChI is InChI=1S/C26H35N3O5S/c1-26(2,3)24(27-25(30)21-7-11-23(12-8-21)35(4,33)34)18-28-15-13-20(14-16-28)17-19-5-9-22(10-6-19)29(31)32/h5-12,20,24H,13-18H2,1-4H3,(H,27,30). The van der Waals surface area contributed by atoms with Crippen molar-refractivity contribution in [1.29, 1.82) is 0 Å². The first-order valence-electron chi connectivity index (χ1n) is 11.9. The zero-order valence-electron chi connectivity index (χ0n) is 20.9. The van der Waals surface area contributed by atoms with Crippen molar-refractivity contribution in [3.8, 4) is 0 Å². The topological polar surface area (TPSA) is 110 Å². The minimum absolute atomic E-state index is 0.0733. The van der Waals surface area contributed by atoms with Crippen molar-refractivity contribution in [3.05, 3.63) is 69.8 Å². The Hall–Kier alpha value is -2.78. The van der Waals surface area contributed by atoms with Gasteiger partial charge in [-0.2, -0.15) is 0 Å². The SMILES string of the molecule is CC(C)(C)C(CN1CCC(Cc2ccc([N+](=O)[O-])cc2)CC1)NC(=O)c1ccc(S(C)(=O)=O)cc1. The monoisotopic (exact) mass is 501 g/mol. The summed E-state index contributed by atoms with van der Waals surface area (Å²) in [5.74, 6) is 0.321. The molecule has 9 heteroatoms. The maximum Gasteiger partial charge on any atom is 0.269 e. The Labute approximate surface area is 207 Å². The third kappa shape index (κ3) is 7.60. The Balaban J connectivity index is 1.55. The summed E-state index contributed by atoms with van der Waals surface area (Å²) in [6.45, 7) is 8.91. The van der Waals surface area contributed by atoms with E-state index in [9.17, 15) is 23.3 Å². The maximum atomic E-state index is 12.9. The number of benzene rings is 2. The second-order valence-electron chi connectivity index (χ2n) is 10.6. The number of amides is 1. The van der Waals surface area contributed by atoms with Crippen molar-refractivity contribution >= 4 is 21.4 Å². The molecule has 0 radical (unpaired) electrons. The minimum atomic E-state index is -3.31. The molecule has 1 amide bonds. The molecule has 1 aliphatic heterocycles. The number of non-ortho nitro benzene ring substituents is 1. The van der Waals surface area contributed by atoms with Crippen LogP contribution in [0.2, 0.25) is 0 Å². The number of piperidine rings is 1. The number of rotatable bonds is 8. The first-order chi connectivity index (χ1) is 16.3. The van der Waals surface area contributed by atoms with Gasteiger partial charge < -0.3 is 10.2 Å². The molecule has 1 atom stereocenters. The van der Waals surface area contributed by atoms with Gasteiger partial charge in [-0.05, 0) is 73.5 Å². The minimum Gasteiger partial charge on any atom is -0.347 e. The average Bonchev–Trinajstić information content (AvgIpc) is 2.79. The Morgan fingerprint density at radius 2 is 1.66 bits per heavy atom. The van der Waals surface area contributed by atoms with E-state index in [1.165, 1.54) is 12.1 Å². The molecule has 1 unspecified atom stereocenters. The molecule has 0 spiro atoms. The quantitative estimate of drug-likeness (QED) is 0.431. The highest BCUT2D eigenvalue weighted by Gasteiger charge is 2.30. The van der Waals surface area contributed by atoms with Gasteiger partial charge in [0.05, 0.1) is 9.82 Å². The Bertz CT molecular complexity index is 1130. The van der Waals surface area contributed by atoms with E-state index in [0.29, 0.717) is 11.5 Å². The molecule has 190 valence electrons. The lowest BCUT2D eigenvalue weighted by molar-refractivity contribution is -0.384. The van der Waals surface area contributed by atoms with Crippen LogP contribution in [0.3, 0.4) is 0 Å². The molecular formula is C26H35N3O5S. The first-order valence-corrected chi connectivity index (χ1v) is 13.8. The van der Waals surface area contributed by atoms with Crippen LogP contribution in [-0.4, -0.2) is 56.1 Å². The molecule has 0 aliphatic carbocycles. The van der Waals surface area contributed by atoms with Crippen LogP contribution in [-0.2, 0) is 16.3 Å². The van der Waals surface area contributed by atoms with Crippen molar-refractivity contribution in [1.82, 2.24) is 10.2 Å². The second kappa shape index (κ2) is 10.9. The number of likely N-dealkylation sites (tertiary alicyclic amines) is 1. The van der Waals surface area contributed by atoms with E-state index in [4.69, 9.17) is 0 Å². The largest absolute Gasteiger partial charge is 0.347 e. The van der Waals surface area contributed by atoms with Crippen LogP contribution >= 0.6 is 0 Å². The van der Waals surface area contributed by atoms with E-state index in [-0.39, 0.29) is 32.9 Å². The molecule has 0 saturated carbocycles. The predicted molar refractivity (Wildman–Crippen MR) is 136 cm³/mol. The average molecular weight is 502 g/mol. The number of carbonyl (C=O) groups is 1. The normalized spacial score (nSPS) is 16.6. The first kappa shape index (κ1) is 26.8. The third-order valence-corrected chi connectivity index (χ3v) is 7.84. The molecule has 1 saturated heterocycles. The summed E-state index contributed by atoms with van der Waals surface area (Å²) in [6.07, 6.45) is 4.13. The zero-order valence-corrected chi connectivity index (χ0v) is 21.7. The van der Waals surface area contributed by atoms with Crippen molar-refractivity contribution in [3.63, 3.8) is 0 Å². The molecule has 1 aliphatic rings. The van der Waals surface area contributed by atoms with Gasteiger partial charge in [0.2, 0.25) is 0 Å². The number of hydrogen-bond donors (Lipinski definition) is 1. The highest BCUT2D eigenvalue weighted by atomic mass is 32.2. The van der Waals surface area contributed by atoms with E-state index < -0.39 is 9.84 Å². The smallest absolute Gasteiger partial charge is 0.269 e. The fraction of sp³-hybridized carbons (Fsp3) is 0.500. The summed E-state index contributed by atoms with van der Waals surface area (Å²) in [5.41, 5.74) is 1.52. The fourth-order valence-corrected chi connectivity index (χ4v) is 4.98. The molecule has 3 rings (SSSR count). The van der Waals surface area contributed by atoms with Crippen molar-refractivity contribution in [2.75, 3.05) is 25.9 Å².